The van der Waals surface area contributed by atoms with Crippen LogP contribution in [0.5, 0.6) is 5.75 Å². The van der Waals surface area contributed by atoms with Crippen LogP contribution in [0.1, 0.15) is 75.8 Å². The van der Waals surface area contributed by atoms with Crippen molar-refractivity contribution in [3.63, 3.8) is 0 Å². The highest BCUT2D eigenvalue weighted by Crippen LogP contribution is 2.17. The van der Waals surface area contributed by atoms with Crippen LogP contribution in [0.25, 0.3) is 0 Å². The highest BCUT2D eigenvalue weighted by molar-refractivity contribution is 5.76. The number of pyridine rings is 1. The molecule has 1 aromatic carbocycles. The first-order chi connectivity index (χ1) is 15.7. The van der Waals surface area contributed by atoms with E-state index in [4.69, 9.17) is 4.74 Å². The number of carbonyl (C=O) groups excluding carboxylic acids is 1. The number of hydrogen-bond acceptors (Lipinski definition) is 4. The lowest BCUT2D eigenvalue weighted by atomic mass is 10.1. The van der Waals surface area contributed by atoms with Gasteiger partial charge in [0, 0.05) is 31.9 Å². The van der Waals surface area contributed by atoms with Crippen LogP contribution in [-0.2, 0) is 17.8 Å². The van der Waals surface area contributed by atoms with Crippen molar-refractivity contribution in [1.29, 1.82) is 0 Å². The predicted octanol–water partition coefficient (Wildman–Crippen LogP) is 5.55. The maximum atomic E-state index is 12.7. The Balaban J connectivity index is 1.70. The smallest absolute Gasteiger partial charge is 0.223 e. The molecule has 1 amide bonds. The molecule has 0 bridgehead atoms. The molecule has 1 heterocycles. The molecule has 0 aliphatic carbocycles. The van der Waals surface area contributed by atoms with E-state index in [0.29, 0.717) is 25.9 Å². The Morgan fingerprint density at radius 1 is 0.969 bits per heavy atom. The van der Waals surface area contributed by atoms with Crippen molar-refractivity contribution in [1.82, 2.24) is 9.88 Å². The number of aliphatic hydroxyl groups excluding tert-OH is 1. The van der Waals surface area contributed by atoms with E-state index in [0.717, 1.165) is 29.9 Å². The number of unbranched alkanes of at least 4 members (excludes halogenated alkanes) is 7. The average molecular weight is 441 g/mol. The minimum absolute atomic E-state index is 0.0427. The first kappa shape index (κ1) is 25.9. The summed E-state index contributed by atoms with van der Waals surface area (Å²) in [4.78, 5) is 18.4. The molecule has 2 rings (SSSR count). The SMILES string of the molecule is CCCCCCCCCCOc1cccc(CCC(=O)N(CCO)Cc2ccncc2)c1. The van der Waals surface area contributed by atoms with Crippen LogP contribution in [0.3, 0.4) is 0 Å². The summed E-state index contributed by atoms with van der Waals surface area (Å²) in [6.07, 6.45) is 14.8. The van der Waals surface area contributed by atoms with E-state index in [1.54, 1.807) is 17.3 Å². The van der Waals surface area contributed by atoms with Crippen molar-refractivity contribution in [2.24, 2.45) is 0 Å². The first-order valence-corrected chi connectivity index (χ1v) is 12.2. The van der Waals surface area contributed by atoms with Crippen molar-refractivity contribution >= 4 is 5.91 Å². The van der Waals surface area contributed by atoms with Crippen LogP contribution in [0.2, 0.25) is 0 Å². The number of rotatable bonds is 17. The number of aromatic nitrogens is 1. The van der Waals surface area contributed by atoms with Crippen LogP contribution >= 0.6 is 0 Å². The van der Waals surface area contributed by atoms with Crippen LogP contribution in [0.15, 0.2) is 48.8 Å². The Kier molecular flexibility index (Phi) is 13.1. The summed E-state index contributed by atoms with van der Waals surface area (Å²) in [5.41, 5.74) is 2.11. The third kappa shape index (κ3) is 10.8. The van der Waals surface area contributed by atoms with Crippen molar-refractivity contribution in [2.75, 3.05) is 19.8 Å². The zero-order chi connectivity index (χ0) is 22.9. The summed E-state index contributed by atoms with van der Waals surface area (Å²) in [6.45, 7) is 3.78. The molecular formula is C27H40N2O3. The van der Waals surface area contributed by atoms with Gasteiger partial charge in [0.1, 0.15) is 5.75 Å². The summed E-state index contributed by atoms with van der Waals surface area (Å²) in [7, 11) is 0. The Bertz CT molecular complexity index is 752. The highest BCUT2D eigenvalue weighted by atomic mass is 16.5. The zero-order valence-electron chi connectivity index (χ0n) is 19.7. The molecular weight excluding hydrogens is 400 g/mol. The minimum atomic E-state index is -0.0428. The average Bonchev–Trinajstić information content (AvgIpc) is 2.82. The molecule has 1 N–H and O–H groups in total. The van der Waals surface area contributed by atoms with E-state index in [1.165, 1.54) is 44.9 Å². The largest absolute Gasteiger partial charge is 0.494 e. The van der Waals surface area contributed by atoms with Gasteiger partial charge >= 0.3 is 0 Å². The second-order valence-electron chi connectivity index (χ2n) is 8.37. The number of aliphatic hydroxyl groups is 1. The Morgan fingerprint density at radius 3 is 2.41 bits per heavy atom. The van der Waals surface area contributed by atoms with Gasteiger partial charge in [0.25, 0.3) is 0 Å². The van der Waals surface area contributed by atoms with Gasteiger partial charge < -0.3 is 14.7 Å². The van der Waals surface area contributed by atoms with Crippen LogP contribution in [0, 0.1) is 0 Å². The van der Waals surface area contributed by atoms with Gasteiger partial charge in [0.15, 0.2) is 0 Å². The van der Waals surface area contributed by atoms with Crippen molar-refractivity contribution < 1.29 is 14.6 Å². The maximum absolute atomic E-state index is 12.7. The molecule has 0 saturated carbocycles. The van der Waals surface area contributed by atoms with Crippen LogP contribution < -0.4 is 4.74 Å². The number of carbonyl (C=O) groups is 1. The number of aryl methyl sites for hydroxylation is 1. The molecule has 176 valence electrons. The number of nitrogens with zero attached hydrogens (tertiary/aromatic N) is 2. The van der Waals surface area contributed by atoms with Crippen molar-refractivity contribution in [3.8, 4) is 5.75 Å². The quantitative estimate of drug-likeness (QED) is 0.327. The number of amides is 1. The van der Waals surface area contributed by atoms with Crippen LogP contribution in [0.4, 0.5) is 0 Å². The van der Waals surface area contributed by atoms with Crippen molar-refractivity contribution in [3.05, 3.63) is 59.9 Å². The van der Waals surface area contributed by atoms with E-state index < -0.39 is 0 Å². The summed E-state index contributed by atoms with van der Waals surface area (Å²) >= 11 is 0. The van der Waals surface area contributed by atoms with Gasteiger partial charge in [-0.1, -0.05) is 64.0 Å². The van der Waals surface area contributed by atoms with Gasteiger partial charge in [0.05, 0.1) is 13.2 Å². The molecule has 5 nitrogen and oxygen atoms in total. The van der Waals surface area contributed by atoms with E-state index in [2.05, 4.69) is 11.9 Å². The molecule has 1 aromatic heterocycles. The minimum Gasteiger partial charge on any atom is -0.494 e. The fraction of sp³-hybridized carbons (Fsp3) is 0.556. The second-order valence-corrected chi connectivity index (χ2v) is 8.37. The number of benzene rings is 1. The second kappa shape index (κ2) is 16.3. The van der Waals surface area contributed by atoms with Gasteiger partial charge in [0.2, 0.25) is 5.91 Å². The van der Waals surface area contributed by atoms with E-state index in [-0.39, 0.29) is 12.5 Å². The Hall–Kier alpha value is -2.40. The lowest BCUT2D eigenvalue weighted by Crippen LogP contribution is -2.33. The molecule has 5 heteroatoms. The lowest BCUT2D eigenvalue weighted by Gasteiger charge is -2.22. The normalized spacial score (nSPS) is 10.8. The van der Waals surface area contributed by atoms with E-state index in [9.17, 15) is 9.90 Å². The standard InChI is InChI=1S/C27H40N2O3/c1-2-3-4-5-6-7-8-9-21-32-26-12-10-11-24(22-26)13-14-27(31)29(19-20-30)23-25-15-17-28-18-16-25/h10-12,15-18,22,30H,2-9,13-14,19-21,23H2,1H3. The summed E-state index contributed by atoms with van der Waals surface area (Å²) in [5.74, 6) is 0.919. The molecule has 0 spiro atoms. The van der Waals surface area contributed by atoms with Gasteiger partial charge in [-0.2, -0.15) is 0 Å². The zero-order valence-corrected chi connectivity index (χ0v) is 19.7. The fourth-order valence-electron chi connectivity index (χ4n) is 3.75. The summed E-state index contributed by atoms with van der Waals surface area (Å²) in [6, 6.07) is 11.8. The topological polar surface area (TPSA) is 62.7 Å². The van der Waals surface area contributed by atoms with Gasteiger partial charge in [-0.05, 0) is 48.2 Å². The first-order valence-electron chi connectivity index (χ1n) is 12.2. The summed E-state index contributed by atoms with van der Waals surface area (Å²) < 4.78 is 5.93. The molecule has 0 atom stereocenters. The molecule has 0 fully saturated rings. The van der Waals surface area contributed by atoms with E-state index in [1.807, 2.05) is 36.4 Å². The van der Waals surface area contributed by atoms with Crippen molar-refractivity contribution in [2.45, 2.75) is 77.7 Å². The maximum Gasteiger partial charge on any atom is 0.223 e. The third-order valence-corrected chi connectivity index (χ3v) is 5.64. The molecule has 0 radical (unpaired) electrons. The van der Waals surface area contributed by atoms with Gasteiger partial charge in [-0.3, -0.25) is 9.78 Å². The Labute approximate surface area is 193 Å². The van der Waals surface area contributed by atoms with Gasteiger partial charge in [-0.25, -0.2) is 0 Å². The molecule has 2 aromatic rings. The molecule has 0 unspecified atom stereocenters. The predicted molar refractivity (Wildman–Crippen MR) is 130 cm³/mol. The molecule has 0 aliphatic heterocycles. The third-order valence-electron chi connectivity index (χ3n) is 5.64. The molecule has 32 heavy (non-hydrogen) atoms. The Morgan fingerprint density at radius 2 is 1.69 bits per heavy atom. The number of hydrogen-bond donors (Lipinski definition) is 1. The molecule has 0 aliphatic rings. The molecule has 0 saturated heterocycles. The highest BCUT2D eigenvalue weighted by Gasteiger charge is 2.14. The van der Waals surface area contributed by atoms with E-state index >= 15 is 0 Å². The fourth-order valence-corrected chi connectivity index (χ4v) is 3.75. The lowest BCUT2D eigenvalue weighted by molar-refractivity contribution is -0.132. The van der Waals surface area contributed by atoms with Gasteiger partial charge in [-0.15, -0.1) is 0 Å². The monoisotopic (exact) mass is 440 g/mol. The number of ether oxygens (including phenoxy) is 1. The summed E-state index contributed by atoms with van der Waals surface area (Å²) in [5, 5.41) is 9.35. The van der Waals surface area contributed by atoms with Crippen LogP contribution in [-0.4, -0.2) is 40.7 Å².